The summed E-state index contributed by atoms with van der Waals surface area (Å²) in [5.41, 5.74) is 5.60. The van der Waals surface area contributed by atoms with Gasteiger partial charge in [-0.2, -0.15) is 10.4 Å². The van der Waals surface area contributed by atoms with Crippen molar-refractivity contribution in [2.45, 2.75) is 20.5 Å². The summed E-state index contributed by atoms with van der Waals surface area (Å²) < 4.78 is 11.6. The van der Waals surface area contributed by atoms with E-state index in [1.165, 1.54) is 6.21 Å². The summed E-state index contributed by atoms with van der Waals surface area (Å²) in [7, 11) is 0. The van der Waals surface area contributed by atoms with Crippen LogP contribution in [0.2, 0.25) is 10.0 Å². The second kappa shape index (κ2) is 11.4. The number of nitriles is 1. The van der Waals surface area contributed by atoms with Crippen molar-refractivity contribution in [2.24, 2.45) is 5.10 Å². The minimum absolute atomic E-state index is 0.157. The molecule has 3 aromatic rings. The topological polar surface area (TPSA) is 83.7 Å². The lowest BCUT2D eigenvalue weighted by Crippen LogP contribution is -2.18. The van der Waals surface area contributed by atoms with E-state index in [-0.39, 0.29) is 6.61 Å². The summed E-state index contributed by atoms with van der Waals surface area (Å²) in [5, 5.41) is 13.9. The molecule has 0 aliphatic carbocycles. The molecule has 0 aliphatic rings. The maximum atomic E-state index is 12.3. The number of carbonyl (C=O) groups is 1. The quantitative estimate of drug-likeness (QED) is 0.319. The van der Waals surface area contributed by atoms with Gasteiger partial charge in [-0.1, -0.05) is 47.5 Å². The van der Waals surface area contributed by atoms with Crippen LogP contribution in [0.4, 0.5) is 0 Å². The summed E-state index contributed by atoms with van der Waals surface area (Å²) in [6.07, 6.45) is 1.45. The molecule has 3 rings (SSSR count). The average molecular weight is 482 g/mol. The van der Waals surface area contributed by atoms with Crippen molar-refractivity contribution in [1.29, 1.82) is 5.26 Å². The lowest BCUT2D eigenvalue weighted by molar-refractivity contribution is 0.0955. The predicted octanol–water partition coefficient (Wildman–Crippen LogP) is 5.92. The number of hydrazone groups is 1. The van der Waals surface area contributed by atoms with Crippen LogP contribution < -0.4 is 14.9 Å². The van der Waals surface area contributed by atoms with Gasteiger partial charge in [-0.3, -0.25) is 4.79 Å². The number of hydrogen-bond donors (Lipinski definition) is 1. The Morgan fingerprint density at radius 1 is 1.12 bits per heavy atom. The highest BCUT2D eigenvalue weighted by molar-refractivity contribution is 6.34. The summed E-state index contributed by atoms with van der Waals surface area (Å²) in [6.45, 7) is 4.28. The number of hydrogen-bond acceptors (Lipinski definition) is 5. The number of nitrogens with one attached hydrogen (secondary N) is 1. The highest BCUT2D eigenvalue weighted by atomic mass is 35.5. The monoisotopic (exact) mass is 481 g/mol. The lowest BCUT2D eigenvalue weighted by atomic mass is 10.1. The van der Waals surface area contributed by atoms with E-state index in [1.54, 1.807) is 42.5 Å². The van der Waals surface area contributed by atoms with E-state index in [2.05, 4.69) is 16.6 Å². The number of ether oxygens (including phenoxy) is 2. The predicted molar refractivity (Wildman–Crippen MR) is 129 cm³/mol. The van der Waals surface area contributed by atoms with Crippen LogP contribution in [-0.4, -0.2) is 18.7 Å². The Kier molecular flexibility index (Phi) is 8.31. The Morgan fingerprint density at radius 3 is 2.64 bits per heavy atom. The third-order valence-corrected chi connectivity index (χ3v) is 5.18. The highest BCUT2D eigenvalue weighted by Gasteiger charge is 2.14. The maximum Gasteiger partial charge on any atom is 0.272 e. The molecule has 3 aromatic carbocycles. The molecule has 0 radical (unpaired) electrons. The number of amides is 1. The molecule has 0 saturated heterocycles. The normalized spacial score (nSPS) is 10.6. The largest absolute Gasteiger partial charge is 0.490 e. The summed E-state index contributed by atoms with van der Waals surface area (Å²) in [6, 6.07) is 17.8. The van der Waals surface area contributed by atoms with Gasteiger partial charge in [0.2, 0.25) is 0 Å². The van der Waals surface area contributed by atoms with Gasteiger partial charge in [0.05, 0.1) is 40.1 Å². The molecule has 168 valence electrons. The first-order chi connectivity index (χ1) is 15.9. The molecule has 8 heteroatoms. The van der Waals surface area contributed by atoms with Crippen LogP contribution >= 0.6 is 23.2 Å². The van der Waals surface area contributed by atoms with Crippen LogP contribution in [0.15, 0.2) is 59.7 Å². The van der Waals surface area contributed by atoms with Crippen LogP contribution in [-0.2, 0) is 6.61 Å². The van der Waals surface area contributed by atoms with Gasteiger partial charge in [-0.05, 0) is 55.3 Å². The molecule has 33 heavy (non-hydrogen) atoms. The smallest absolute Gasteiger partial charge is 0.272 e. The van der Waals surface area contributed by atoms with Crippen molar-refractivity contribution < 1.29 is 14.3 Å². The van der Waals surface area contributed by atoms with Crippen molar-refractivity contribution in [1.82, 2.24) is 5.43 Å². The zero-order valence-electron chi connectivity index (χ0n) is 18.1. The second-order valence-corrected chi connectivity index (χ2v) is 7.82. The fourth-order valence-corrected chi connectivity index (χ4v) is 3.60. The van der Waals surface area contributed by atoms with Crippen molar-refractivity contribution in [3.05, 3.63) is 92.5 Å². The van der Waals surface area contributed by atoms with Crippen molar-refractivity contribution in [3.63, 3.8) is 0 Å². The highest BCUT2D eigenvalue weighted by Crippen LogP contribution is 2.37. The molecule has 0 aromatic heterocycles. The zero-order valence-corrected chi connectivity index (χ0v) is 19.6. The first-order valence-corrected chi connectivity index (χ1v) is 10.8. The minimum Gasteiger partial charge on any atom is -0.490 e. The van der Waals surface area contributed by atoms with Crippen molar-refractivity contribution in [2.75, 3.05) is 6.61 Å². The molecule has 0 bridgehead atoms. The molecule has 6 nitrogen and oxygen atoms in total. The van der Waals surface area contributed by atoms with E-state index >= 15 is 0 Å². The van der Waals surface area contributed by atoms with Gasteiger partial charge in [0.15, 0.2) is 11.5 Å². The Morgan fingerprint density at radius 2 is 1.91 bits per heavy atom. The van der Waals surface area contributed by atoms with Gasteiger partial charge in [-0.15, -0.1) is 0 Å². The molecular weight excluding hydrogens is 461 g/mol. The number of nitrogens with zero attached hydrogens (tertiary/aromatic N) is 2. The number of rotatable bonds is 8. The fourth-order valence-electron chi connectivity index (χ4n) is 3.00. The molecule has 0 spiro atoms. The van der Waals surface area contributed by atoms with Crippen LogP contribution in [0.25, 0.3) is 0 Å². The summed E-state index contributed by atoms with van der Waals surface area (Å²) in [4.78, 5) is 12.3. The van der Waals surface area contributed by atoms with Gasteiger partial charge < -0.3 is 9.47 Å². The number of benzene rings is 3. The second-order valence-electron chi connectivity index (χ2n) is 7.00. The molecule has 0 fully saturated rings. The standard InChI is InChI=1S/C25H21Cl2N3O3/c1-3-32-23-12-17(14-29-30-25(31)20-9-8-16(2)10-21(20)26)11-22(27)24(23)33-15-19-7-5-4-6-18(19)13-28/h4-12,14H,3,15H2,1-2H3,(H,30,31)/b29-14-. The fraction of sp³-hybridized carbons (Fsp3) is 0.160. The van der Waals surface area contributed by atoms with E-state index in [4.69, 9.17) is 32.7 Å². The van der Waals surface area contributed by atoms with Gasteiger partial charge in [-0.25, -0.2) is 5.43 Å². The third-order valence-electron chi connectivity index (χ3n) is 4.59. The molecule has 0 atom stereocenters. The van der Waals surface area contributed by atoms with Crippen LogP contribution in [0.1, 0.15) is 39.5 Å². The third kappa shape index (κ3) is 6.26. The molecular formula is C25H21Cl2N3O3. The van der Waals surface area contributed by atoms with Crippen LogP contribution in [0, 0.1) is 18.3 Å². The van der Waals surface area contributed by atoms with Crippen molar-refractivity contribution in [3.8, 4) is 17.6 Å². The Balaban J connectivity index is 1.76. The lowest BCUT2D eigenvalue weighted by Gasteiger charge is -2.15. The minimum atomic E-state index is -0.427. The van der Waals surface area contributed by atoms with Gasteiger partial charge in [0.1, 0.15) is 6.61 Å². The number of halogens is 2. The van der Waals surface area contributed by atoms with Crippen LogP contribution in [0.3, 0.4) is 0 Å². The summed E-state index contributed by atoms with van der Waals surface area (Å²) >= 11 is 12.6. The van der Waals surface area contributed by atoms with E-state index in [0.717, 1.165) is 11.1 Å². The SMILES string of the molecule is CCOc1cc(/C=N\NC(=O)c2ccc(C)cc2Cl)cc(Cl)c1OCc1ccccc1C#N. The first kappa shape index (κ1) is 24.1. The van der Waals surface area contributed by atoms with Gasteiger partial charge >= 0.3 is 0 Å². The van der Waals surface area contributed by atoms with Gasteiger partial charge in [0, 0.05) is 5.56 Å². The van der Waals surface area contributed by atoms with Crippen molar-refractivity contribution >= 4 is 35.3 Å². The Labute approximate surface area is 202 Å². The molecule has 0 aliphatic heterocycles. The molecule has 1 N–H and O–H groups in total. The summed E-state index contributed by atoms with van der Waals surface area (Å²) in [5.74, 6) is 0.358. The number of aryl methyl sites for hydroxylation is 1. The molecule has 0 saturated carbocycles. The van der Waals surface area contributed by atoms with Crippen LogP contribution in [0.5, 0.6) is 11.5 Å². The average Bonchev–Trinajstić information content (AvgIpc) is 2.79. The van der Waals surface area contributed by atoms with Gasteiger partial charge in [0.25, 0.3) is 5.91 Å². The van der Waals surface area contributed by atoms with E-state index in [0.29, 0.717) is 44.8 Å². The van der Waals surface area contributed by atoms with E-state index in [9.17, 15) is 10.1 Å². The number of carbonyl (C=O) groups excluding carboxylic acids is 1. The zero-order chi connectivity index (χ0) is 23.8. The van der Waals surface area contributed by atoms with E-state index < -0.39 is 5.91 Å². The Hall–Kier alpha value is -3.53. The van der Waals surface area contributed by atoms with E-state index in [1.807, 2.05) is 26.0 Å². The molecule has 1 amide bonds. The molecule has 0 heterocycles. The maximum absolute atomic E-state index is 12.3. The first-order valence-electron chi connectivity index (χ1n) is 10.1. The molecule has 0 unspecified atom stereocenters. The Bertz CT molecular complexity index is 1240.